The van der Waals surface area contributed by atoms with Gasteiger partial charge in [-0.05, 0) is 30.7 Å². The average Bonchev–Trinajstić information content (AvgIpc) is 2.39. The van der Waals surface area contributed by atoms with Crippen LogP contribution in [0.5, 0.6) is 17.4 Å². The molecular formula is C14H15NO3. The van der Waals surface area contributed by atoms with Crippen LogP contribution in [0.1, 0.15) is 18.6 Å². The molecule has 94 valence electrons. The van der Waals surface area contributed by atoms with Crippen LogP contribution in [0.3, 0.4) is 0 Å². The van der Waals surface area contributed by atoms with Crippen LogP contribution in [0.15, 0.2) is 42.6 Å². The molecule has 1 atom stereocenters. The number of hydrogen-bond donors (Lipinski definition) is 1. The summed E-state index contributed by atoms with van der Waals surface area (Å²) in [6.07, 6.45) is 1.07. The smallest absolute Gasteiger partial charge is 0.219 e. The van der Waals surface area contributed by atoms with E-state index in [1.807, 2.05) is 18.2 Å². The van der Waals surface area contributed by atoms with E-state index in [-0.39, 0.29) is 0 Å². The molecule has 0 fully saturated rings. The van der Waals surface area contributed by atoms with Crippen molar-refractivity contribution in [2.45, 2.75) is 13.0 Å². The third-order valence-corrected chi connectivity index (χ3v) is 2.51. The summed E-state index contributed by atoms with van der Waals surface area (Å²) in [5.74, 6) is 1.87. The minimum atomic E-state index is -0.525. The van der Waals surface area contributed by atoms with Gasteiger partial charge in [-0.3, -0.25) is 0 Å². The van der Waals surface area contributed by atoms with Gasteiger partial charge in [0.2, 0.25) is 5.88 Å². The summed E-state index contributed by atoms with van der Waals surface area (Å²) >= 11 is 0. The number of methoxy groups -OCH3 is 1. The molecule has 0 saturated carbocycles. The molecule has 4 heteroatoms. The summed E-state index contributed by atoms with van der Waals surface area (Å²) < 4.78 is 10.7. The Morgan fingerprint density at radius 3 is 2.56 bits per heavy atom. The molecule has 0 unspecified atom stereocenters. The number of hydrogen-bond acceptors (Lipinski definition) is 4. The summed E-state index contributed by atoms with van der Waals surface area (Å²) in [4.78, 5) is 4.13. The van der Waals surface area contributed by atoms with Crippen molar-refractivity contribution in [1.29, 1.82) is 0 Å². The van der Waals surface area contributed by atoms with Crippen molar-refractivity contribution in [3.63, 3.8) is 0 Å². The molecule has 0 aliphatic carbocycles. The van der Waals surface area contributed by atoms with E-state index in [1.54, 1.807) is 38.4 Å². The lowest BCUT2D eigenvalue weighted by molar-refractivity contribution is 0.198. The Labute approximate surface area is 106 Å². The SMILES string of the molecule is COc1cccc(Oc2ccc([C@@H](C)O)cn2)c1. The van der Waals surface area contributed by atoms with E-state index < -0.39 is 6.10 Å². The van der Waals surface area contributed by atoms with Crippen LogP contribution in [0.2, 0.25) is 0 Å². The van der Waals surface area contributed by atoms with Crippen molar-refractivity contribution < 1.29 is 14.6 Å². The zero-order chi connectivity index (χ0) is 13.0. The first-order valence-electron chi connectivity index (χ1n) is 5.65. The number of aliphatic hydroxyl groups is 1. The first kappa shape index (κ1) is 12.4. The van der Waals surface area contributed by atoms with Crippen molar-refractivity contribution in [2.24, 2.45) is 0 Å². The van der Waals surface area contributed by atoms with Crippen molar-refractivity contribution in [2.75, 3.05) is 7.11 Å². The maximum atomic E-state index is 9.38. The Morgan fingerprint density at radius 2 is 1.94 bits per heavy atom. The Bertz CT molecular complexity index is 509. The number of aromatic nitrogens is 1. The third kappa shape index (κ3) is 2.99. The first-order chi connectivity index (χ1) is 8.69. The van der Waals surface area contributed by atoms with Gasteiger partial charge in [-0.1, -0.05) is 6.07 Å². The Kier molecular flexibility index (Phi) is 3.79. The van der Waals surface area contributed by atoms with E-state index in [1.165, 1.54) is 0 Å². The molecule has 18 heavy (non-hydrogen) atoms. The molecule has 0 spiro atoms. The van der Waals surface area contributed by atoms with Gasteiger partial charge in [-0.2, -0.15) is 0 Å². The molecular weight excluding hydrogens is 230 g/mol. The fourth-order valence-corrected chi connectivity index (χ4v) is 1.48. The Balaban J connectivity index is 2.13. The predicted octanol–water partition coefficient (Wildman–Crippen LogP) is 2.94. The van der Waals surface area contributed by atoms with Gasteiger partial charge < -0.3 is 14.6 Å². The molecule has 1 N–H and O–H groups in total. The standard InChI is InChI=1S/C14H15NO3/c1-10(16)11-6-7-14(15-9-11)18-13-5-3-4-12(8-13)17-2/h3-10,16H,1-2H3/t10-/m1/s1. The van der Waals surface area contributed by atoms with Crippen LogP contribution in [-0.2, 0) is 0 Å². The van der Waals surface area contributed by atoms with Gasteiger partial charge in [0.05, 0.1) is 13.2 Å². The number of nitrogens with zero attached hydrogens (tertiary/aromatic N) is 1. The zero-order valence-corrected chi connectivity index (χ0v) is 10.3. The van der Waals surface area contributed by atoms with Crippen LogP contribution in [0.25, 0.3) is 0 Å². The van der Waals surface area contributed by atoms with E-state index in [0.29, 0.717) is 11.6 Å². The predicted molar refractivity (Wildman–Crippen MR) is 67.9 cm³/mol. The first-order valence-corrected chi connectivity index (χ1v) is 5.65. The molecule has 0 saturated heterocycles. The van der Waals surface area contributed by atoms with E-state index >= 15 is 0 Å². The fraction of sp³-hybridized carbons (Fsp3) is 0.214. The highest BCUT2D eigenvalue weighted by Crippen LogP contribution is 2.24. The minimum Gasteiger partial charge on any atom is -0.497 e. The van der Waals surface area contributed by atoms with E-state index in [4.69, 9.17) is 9.47 Å². The lowest BCUT2D eigenvalue weighted by Gasteiger charge is -2.08. The van der Waals surface area contributed by atoms with Gasteiger partial charge in [0.25, 0.3) is 0 Å². The maximum absolute atomic E-state index is 9.38. The van der Waals surface area contributed by atoms with Crippen molar-refractivity contribution >= 4 is 0 Å². The van der Waals surface area contributed by atoms with E-state index in [0.717, 1.165) is 11.3 Å². The molecule has 4 nitrogen and oxygen atoms in total. The maximum Gasteiger partial charge on any atom is 0.219 e. The summed E-state index contributed by atoms with van der Waals surface area (Å²) in [5, 5.41) is 9.38. The Morgan fingerprint density at radius 1 is 1.17 bits per heavy atom. The summed E-state index contributed by atoms with van der Waals surface area (Å²) in [7, 11) is 1.61. The largest absolute Gasteiger partial charge is 0.497 e. The molecule has 2 rings (SSSR count). The van der Waals surface area contributed by atoms with E-state index in [2.05, 4.69) is 4.98 Å². The molecule has 0 radical (unpaired) electrons. The summed E-state index contributed by atoms with van der Waals surface area (Å²) in [6, 6.07) is 10.8. The zero-order valence-electron chi connectivity index (χ0n) is 10.3. The lowest BCUT2D eigenvalue weighted by atomic mass is 10.2. The van der Waals surface area contributed by atoms with Gasteiger partial charge in [0, 0.05) is 18.3 Å². The molecule has 1 aromatic heterocycles. The molecule has 0 aliphatic heterocycles. The highest BCUT2D eigenvalue weighted by atomic mass is 16.5. The highest BCUT2D eigenvalue weighted by molar-refractivity contribution is 5.35. The van der Waals surface area contributed by atoms with Crippen molar-refractivity contribution in [3.8, 4) is 17.4 Å². The number of aliphatic hydroxyl groups excluding tert-OH is 1. The highest BCUT2D eigenvalue weighted by Gasteiger charge is 2.03. The van der Waals surface area contributed by atoms with Gasteiger partial charge in [-0.25, -0.2) is 4.98 Å². The fourth-order valence-electron chi connectivity index (χ4n) is 1.48. The van der Waals surface area contributed by atoms with Gasteiger partial charge in [0.15, 0.2) is 0 Å². The topological polar surface area (TPSA) is 51.6 Å². The number of ether oxygens (including phenoxy) is 2. The van der Waals surface area contributed by atoms with Crippen LogP contribution in [-0.4, -0.2) is 17.2 Å². The van der Waals surface area contributed by atoms with Crippen LogP contribution < -0.4 is 9.47 Å². The molecule has 2 aromatic rings. The van der Waals surface area contributed by atoms with Crippen molar-refractivity contribution in [3.05, 3.63) is 48.2 Å². The summed E-state index contributed by atoms with van der Waals surface area (Å²) in [6.45, 7) is 1.69. The second-order valence-electron chi connectivity index (χ2n) is 3.89. The normalized spacial score (nSPS) is 11.9. The molecule has 0 bridgehead atoms. The monoisotopic (exact) mass is 245 g/mol. The second-order valence-corrected chi connectivity index (χ2v) is 3.89. The Hall–Kier alpha value is -2.07. The van der Waals surface area contributed by atoms with Crippen molar-refractivity contribution in [1.82, 2.24) is 4.98 Å². The number of rotatable bonds is 4. The van der Waals surface area contributed by atoms with Gasteiger partial charge >= 0.3 is 0 Å². The molecule has 0 aliphatic rings. The number of pyridine rings is 1. The van der Waals surface area contributed by atoms with Crippen LogP contribution in [0.4, 0.5) is 0 Å². The van der Waals surface area contributed by atoms with Gasteiger partial charge in [-0.15, -0.1) is 0 Å². The average molecular weight is 245 g/mol. The second kappa shape index (κ2) is 5.51. The molecule has 1 heterocycles. The molecule has 0 amide bonds. The van der Waals surface area contributed by atoms with Gasteiger partial charge in [0.1, 0.15) is 11.5 Å². The molecule has 1 aromatic carbocycles. The lowest BCUT2D eigenvalue weighted by Crippen LogP contribution is -1.94. The number of benzene rings is 1. The van der Waals surface area contributed by atoms with E-state index in [9.17, 15) is 5.11 Å². The summed E-state index contributed by atoms with van der Waals surface area (Å²) in [5.41, 5.74) is 0.757. The quantitative estimate of drug-likeness (QED) is 0.899. The van der Waals surface area contributed by atoms with Crippen LogP contribution in [0, 0.1) is 0 Å². The minimum absolute atomic E-state index is 0.479. The third-order valence-electron chi connectivity index (χ3n) is 2.51. The van der Waals surface area contributed by atoms with Crippen LogP contribution >= 0.6 is 0 Å².